The van der Waals surface area contributed by atoms with Gasteiger partial charge in [-0.1, -0.05) is 6.07 Å². The number of benzene rings is 6. The molecular weight excluding hydrogens is 1590 g/mol. The van der Waals surface area contributed by atoms with Crippen molar-refractivity contribution in [1.82, 2.24) is 24.4 Å². The Balaban J connectivity index is 0.000000170. The minimum absolute atomic E-state index is 0.0272. The van der Waals surface area contributed by atoms with E-state index >= 15 is 0 Å². The highest BCUT2D eigenvalue weighted by molar-refractivity contribution is 7.84. The Hall–Kier alpha value is -10.1. The summed E-state index contributed by atoms with van der Waals surface area (Å²) in [4.78, 5) is 61.3. The molecule has 5 aliphatic rings. The molecule has 121 heavy (non-hydrogen) atoms. The van der Waals surface area contributed by atoms with Crippen LogP contribution in [-0.2, 0) is 92.2 Å². The number of esters is 2. The van der Waals surface area contributed by atoms with Crippen LogP contribution in [-0.4, -0.2) is 133 Å². The number of nitrogens with two attached hydrogens (primary N) is 1. The van der Waals surface area contributed by atoms with Gasteiger partial charge in [0, 0.05) is 52.4 Å². The fourth-order valence-corrected chi connectivity index (χ4v) is 16.6. The molecule has 3 aromatic heterocycles. The molecular formula is C94H114F2N6O17S2. The van der Waals surface area contributed by atoms with Crippen LogP contribution in [0.4, 0.5) is 8.78 Å². The number of ether oxygens (including phenoxy) is 8. The number of carboxylic acid groups (broad SMARTS) is 1. The molecule has 14 rings (SSSR count). The molecule has 648 valence electrons. The van der Waals surface area contributed by atoms with Gasteiger partial charge < -0.3 is 58.9 Å². The van der Waals surface area contributed by atoms with Crippen LogP contribution in [0.25, 0.3) is 33.4 Å². The van der Waals surface area contributed by atoms with E-state index in [0.29, 0.717) is 92.2 Å². The molecule has 0 bridgehead atoms. The summed E-state index contributed by atoms with van der Waals surface area (Å²) >= 11 is 0. The number of ketones is 1. The standard InChI is InChI=1S/C34H41FN2O5S.C21H28FN3O3S.C14H18O3.C13H13NO3.C12H14O3/c1-32(2,3)43(40)37-33(4)20-42-31-26(33)19-29(36-30(31)21-11-13-24(35)14-12-21)34(5,39)16-15-27(38)23-17-22-9-7-8-10-25(22)28(18-23)41-6;1-19(2,3)29(27)25-20(4)12-28-18-15(20)10-16(21(5,26)11-23)24-17(18)13-6-8-14(22)9-7-13;1-3-17-14(15)11-8-10-6-4-5-7-12(10)13(9-11)16-2;1-3-17-13(15)10-7-9-5-4-6-14-12(9)11(8-10)16-2;1-15-11-7-9(12(13)14)6-8-4-2-3-5-10(8)11/h11-14,17-19,37,39H,7-10,15-16,20H2,1-6H3;6-10,25-26H,11-12,23H2,1-5H3;8-9H,3-7H2,1-2H3;4-8H,3H2,1-2H3;6-7H,2-5H2,1H3,(H,13,14)/t33-,34-,43?;20-,21-,29?;;;/m11.../s1. The number of aryl methyl sites for hydroxylation is 3. The average Bonchev–Trinajstić information content (AvgIpc) is 1.61. The number of aromatic nitrogens is 3. The Morgan fingerprint density at radius 1 is 0.521 bits per heavy atom. The summed E-state index contributed by atoms with van der Waals surface area (Å²) in [5.41, 5.74) is 15.5. The second kappa shape index (κ2) is 39.8. The first-order valence-corrected chi connectivity index (χ1v) is 43.2. The lowest BCUT2D eigenvalue weighted by molar-refractivity contribution is 0.0396. The lowest BCUT2D eigenvalue weighted by Gasteiger charge is -2.30. The van der Waals surface area contributed by atoms with Gasteiger partial charge in [-0.2, -0.15) is 0 Å². The van der Waals surface area contributed by atoms with Gasteiger partial charge in [-0.05, 0) is 315 Å². The summed E-state index contributed by atoms with van der Waals surface area (Å²) in [6, 6.07) is 33.4. The summed E-state index contributed by atoms with van der Waals surface area (Å²) < 4.78 is 102. The maximum Gasteiger partial charge on any atom is 0.338 e. The number of pyridine rings is 3. The van der Waals surface area contributed by atoms with E-state index in [2.05, 4.69) is 19.4 Å². The van der Waals surface area contributed by atoms with Crippen molar-refractivity contribution >= 4 is 56.6 Å². The highest BCUT2D eigenvalue weighted by atomic mass is 32.2. The molecule has 6 atom stereocenters. The number of fused-ring (bicyclic) bond motifs is 6. The fourth-order valence-electron chi connectivity index (χ4n) is 14.8. The number of rotatable bonds is 22. The molecule has 0 spiro atoms. The number of hydrogen-bond acceptors (Lipinski definition) is 20. The molecule has 5 heterocycles. The number of Topliss-reactive ketones (excluding diaryl/α,β-unsaturated/α-hetero) is 1. The van der Waals surface area contributed by atoms with E-state index in [4.69, 9.17) is 53.7 Å². The Bertz CT molecular complexity index is 5250. The maximum atomic E-state index is 13.8. The summed E-state index contributed by atoms with van der Waals surface area (Å²) in [6.07, 6.45) is 14.7. The Labute approximate surface area is 712 Å². The third-order valence-electron chi connectivity index (χ3n) is 21.9. The topological polar surface area (TPSA) is 326 Å². The van der Waals surface area contributed by atoms with E-state index in [1.54, 1.807) is 122 Å². The Kier molecular flexibility index (Phi) is 30.6. The molecule has 0 radical (unpaired) electrons. The maximum absolute atomic E-state index is 13.8. The second-order valence-corrected chi connectivity index (χ2v) is 37.4. The third-order valence-corrected chi connectivity index (χ3v) is 25.4. The van der Waals surface area contributed by atoms with E-state index < -0.39 is 59.7 Å². The van der Waals surface area contributed by atoms with E-state index in [-0.39, 0.29) is 62.0 Å². The van der Waals surface area contributed by atoms with Crippen molar-refractivity contribution in [2.24, 2.45) is 5.73 Å². The Morgan fingerprint density at radius 2 is 0.901 bits per heavy atom. The van der Waals surface area contributed by atoms with Crippen molar-refractivity contribution in [2.75, 3.05) is 61.4 Å². The number of aromatic carboxylic acids is 1. The molecule has 23 nitrogen and oxygen atoms in total. The number of carbonyl (C=O) groups is 4. The number of aliphatic hydroxyl groups is 2. The number of nitrogens with zero attached hydrogens (tertiary/aromatic N) is 3. The first kappa shape index (κ1) is 93.1. The van der Waals surface area contributed by atoms with Crippen molar-refractivity contribution in [3.8, 4) is 57.0 Å². The van der Waals surface area contributed by atoms with Gasteiger partial charge in [0.2, 0.25) is 0 Å². The molecule has 0 saturated carbocycles. The minimum atomic E-state index is -1.48. The Morgan fingerprint density at radius 3 is 1.31 bits per heavy atom. The fraction of sp³-hybridized carbons (Fsp3) is 0.436. The van der Waals surface area contributed by atoms with Crippen LogP contribution in [0.1, 0.15) is 232 Å². The summed E-state index contributed by atoms with van der Waals surface area (Å²) in [6.45, 7) is 23.1. The quantitative estimate of drug-likeness (QED) is 0.0271. The first-order valence-electron chi connectivity index (χ1n) is 40.9. The molecule has 7 N–H and O–H groups in total. The molecule has 2 aliphatic heterocycles. The van der Waals surface area contributed by atoms with Crippen molar-refractivity contribution in [3.05, 3.63) is 217 Å². The number of halogens is 2. The van der Waals surface area contributed by atoms with Crippen LogP contribution >= 0.6 is 0 Å². The summed E-state index contributed by atoms with van der Waals surface area (Å²) in [5, 5.41) is 32.3. The van der Waals surface area contributed by atoms with Gasteiger partial charge >= 0.3 is 17.9 Å². The normalized spacial score (nSPS) is 17.6. The molecule has 0 saturated heterocycles. The van der Waals surface area contributed by atoms with E-state index in [9.17, 15) is 46.6 Å². The van der Waals surface area contributed by atoms with Crippen molar-refractivity contribution in [1.29, 1.82) is 0 Å². The number of carbonyl (C=O) groups excluding carboxylic acids is 3. The van der Waals surface area contributed by atoms with E-state index in [0.717, 1.165) is 109 Å². The van der Waals surface area contributed by atoms with Crippen LogP contribution in [0, 0.1) is 11.6 Å². The number of hydrogen-bond donors (Lipinski definition) is 6. The van der Waals surface area contributed by atoms with Gasteiger partial charge in [0.15, 0.2) is 17.3 Å². The zero-order chi connectivity index (χ0) is 88.1. The van der Waals surface area contributed by atoms with Gasteiger partial charge in [-0.15, -0.1) is 0 Å². The van der Waals surface area contributed by atoms with E-state index in [1.165, 1.54) is 59.4 Å². The van der Waals surface area contributed by atoms with Crippen LogP contribution < -0.4 is 43.6 Å². The molecule has 3 aliphatic carbocycles. The van der Waals surface area contributed by atoms with Crippen LogP contribution in [0.15, 0.2) is 128 Å². The second-order valence-electron chi connectivity index (χ2n) is 33.4. The lowest BCUT2D eigenvalue weighted by atomic mass is 9.86. The molecule has 6 aromatic carbocycles. The van der Waals surface area contributed by atoms with Crippen LogP contribution in [0.2, 0.25) is 0 Å². The first-order chi connectivity index (χ1) is 57.3. The zero-order valence-corrected chi connectivity index (χ0v) is 73.7. The molecule has 2 unspecified atom stereocenters. The lowest BCUT2D eigenvalue weighted by Crippen LogP contribution is -2.47. The number of nitrogens with one attached hydrogen (secondary N) is 2. The molecule has 0 fully saturated rings. The van der Waals surface area contributed by atoms with Crippen molar-refractivity contribution in [3.63, 3.8) is 0 Å². The van der Waals surface area contributed by atoms with Gasteiger partial charge in [0.25, 0.3) is 0 Å². The average molecular weight is 1700 g/mol. The molecule has 9 aromatic rings. The SMILES string of the molecule is CC(C)(C)S(=O)N[C@]1(C)COc2c1cc([C@](C)(O)CN)nc2-c1ccc(F)cc1.CCOC(=O)c1cc(OC)c2ncccc2c1.CCOC(=O)c1cc2c(c(OC)c1)CCCC2.COc1cc(C(=O)CC[C@@](C)(O)c2cc3c(c(-c4ccc(F)cc4)n2)OC[C@@]3(C)NS(=O)C(C)(C)C)cc2c1CCCC2.COc1cc(C(=O)O)cc2c1CCCC2. The van der Waals surface area contributed by atoms with E-state index in [1.807, 2.05) is 92.6 Å². The molecule has 27 heteroatoms. The van der Waals surface area contributed by atoms with Gasteiger partial charge in [0.1, 0.15) is 76.0 Å². The summed E-state index contributed by atoms with van der Waals surface area (Å²) in [5.74, 6) is 1.56. The van der Waals surface area contributed by atoms with Crippen molar-refractivity contribution in [2.45, 2.75) is 205 Å². The number of methoxy groups -OCH3 is 4. The van der Waals surface area contributed by atoms with Gasteiger partial charge in [0.05, 0.1) is 112 Å². The van der Waals surface area contributed by atoms with Crippen LogP contribution in [0.5, 0.6) is 34.5 Å². The monoisotopic (exact) mass is 1700 g/mol. The zero-order valence-electron chi connectivity index (χ0n) is 72.1. The van der Waals surface area contributed by atoms with Gasteiger partial charge in [-0.3, -0.25) is 9.78 Å². The largest absolute Gasteiger partial charge is 0.496 e. The smallest absolute Gasteiger partial charge is 0.338 e. The summed E-state index contributed by atoms with van der Waals surface area (Å²) in [7, 11) is 3.68. The predicted octanol–water partition coefficient (Wildman–Crippen LogP) is 16.5. The highest BCUT2D eigenvalue weighted by Crippen LogP contribution is 2.48. The van der Waals surface area contributed by atoms with Crippen LogP contribution in [0.3, 0.4) is 0 Å². The molecule has 0 amide bonds. The van der Waals surface area contributed by atoms with Gasteiger partial charge in [-0.25, -0.2) is 51.0 Å². The highest BCUT2D eigenvalue weighted by Gasteiger charge is 2.45. The predicted molar refractivity (Wildman–Crippen MR) is 465 cm³/mol. The third kappa shape index (κ3) is 22.4. The minimum Gasteiger partial charge on any atom is -0.496 e. The van der Waals surface area contributed by atoms with Crippen molar-refractivity contribution < 1.29 is 89.6 Å². The number of carboxylic acids is 1.